The minimum absolute atomic E-state index is 0.182. The quantitative estimate of drug-likeness (QED) is 0.701. The molecule has 1 heterocycles. The van der Waals surface area contributed by atoms with Crippen molar-refractivity contribution in [3.8, 4) is 17.0 Å². The molecule has 1 amide bonds. The van der Waals surface area contributed by atoms with Gasteiger partial charge in [0, 0.05) is 27.4 Å². The third kappa shape index (κ3) is 4.87. The van der Waals surface area contributed by atoms with Gasteiger partial charge in [0.2, 0.25) is 5.91 Å². The van der Waals surface area contributed by atoms with Crippen LogP contribution in [0.2, 0.25) is 10.0 Å². The van der Waals surface area contributed by atoms with Gasteiger partial charge in [-0.1, -0.05) is 23.2 Å². The van der Waals surface area contributed by atoms with E-state index in [1.54, 1.807) is 49.6 Å². The molecule has 0 aliphatic rings. The van der Waals surface area contributed by atoms with Crippen molar-refractivity contribution in [3.05, 3.63) is 75.3 Å². The van der Waals surface area contributed by atoms with Crippen molar-refractivity contribution in [2.45, 2.75) is 6.54 Å². The number of amides is 1. The second-order valence-electron chi connectivity index (χ2n) is 5.68. The molecule has 0 radical (unpaired) electrons. The molecule has 2 aromatic carbocycles. The lowest BCUT2D eigenvalue weighted by atomic mass is 10.1. The van der Waals surface area contributed by atoms with Crippen molar-refractivity contribution in [1.29, 1.82) is 0 Å². The van der Waals surface area contributed by atoms with E-state index in [9.17, 15) is 9.59 Å². The summed E-state index contributed by atoms with van der Waals surface area (Å²) in [5.74, 6) is 0.319. The van der Waals surface area contributed by atoms with Gasteiger partial charge in [-0.15, -0.1) is 0 Å². The summed E-state index contributed by atoms with van der Waals surface area (Å²) in [5, 5.41) is 3.46. The van der Waals surface area contributed by atoms with Gasteiger partial charge in [-0.2, -0.15) is 0 Å². The number of benzene rings is 2. The second-order valence-corrected chi connectivity index (χ2v) is 6.55. The van der Waals surface area contributed by atoms with Crippen LogP contribution in [0.3, 0.4) is 0 Å². The van der Waals surface area contributed by atoms with Crippen LogP contribution >= 0.6 is 23.2 Å². The average Bonchev–Trinajstić information content (AvgIpc) is 2.62. The Balaban J connectivity index is 1.73. The van der Waals surface area contributed by atoms with Crippen LogP contribution in [0.1, 0.15) is 0 Å². The zero-order valence-electron chi connectivity index (χ0n) is 14.3. The number of carbonyl (C=O) groups is 1. The third-order valence-electron chi connectivity index (χ3n) is 3.73. The maximum Gasteiger partial charge on any atom is 0.254 e. The summed E-state index contributed by atoms with van der Waals surface area (Å²) in [7, 11) is 1.58. The lowest BCUT2D eigenvalue weighted by molar-refractivity contribution is -0.116. The fourth-order valence-electron chi connectivity index (χ4n) is 2.45. The topological polar surface area (TPSA) is 73.2 Å². The Labute approximate surface area is 165 Å². The van der Waals surface area contributed by atoms with Gasteiger partial charge in [0.25, 0.3) is 5.56 Å². The first-order chi connectivity index (χ1) is 12.9. The Bertz CT molecular complexity index is 1010. The van der Waals surface area contributed by atoms with E-state index >= 15 is 0 Å². The molecule has 27 heavy (non-hydrogen) atoms. The maximum atomic E-state index is 12.3. The van der Waals surface area contributed by atoms with Crippen molar-refractivity contribution < 1.29 is 9.53 Å². The van der Waals surface area contributed by atoms with Gasteiger partial charge in [-0.3, -0.25) is 14.2 Å². The van der Waals surface area contributed by atoms with Crippen LogP contribution in [-0.2, 0) is 11.3 Å². The first-order valence-corrected chi connectivity index (χ1v) is 8.67. The van der Waals surface area contributed by atoms with Crippen molar-refractivity contribution in [2.24, 2.45) is 0 Å². The lowest BCUT2D eigenvalue weighted by Gasteiger charge is -2.09. The molecule has 3 rings (SSSR count). The van der Waals surface area contributed by atoms with E-state index in [0.29, 0.717) is 27.2 Å². The zero-order chi connectivity index (χ0) is 19.4. The number of nitrogens with zero attached hydrogens (tertiary/aromatic N) is 2. The largest absolute Gasteiger partial charge is 0.497 e. The molecule has 0 saturated heterocycles. The van der Waals surface area contributed by atoms with Gasteiger partial charge in [-0.05, 0) is 42.5 Å². The Kier molecular flexibility index (Phi) is 5.78. The van der Waals surface area contributed by atoms with Crippen molar-refractivity contribution >= 4 is 34.8 Å². The molecule has 6 nitrogen and oxygen atoms in total. The molecular formula is C19H15Cl2N3O3. The number of carbonyl (C=O) groups excluding carboxylic acids is 1. The highest BCUT2D eigenvalue weighted by atomic mass is 35.5. The molecule has 1 N–H and O–H groups in total. The van der Waals surface area contributed by atoms with Crippen molar-refractivity contribution in [1.82, 2.24) is 9.55 Å². The number of ether oxygens (including phenoxy) is 1. The number of rotatable bonds is 5. The molecule has 0 atom stereocenters. The molecule has 0 aliphatic carbocycles. The summed E-state index contributed by atoms with van der Waals surface area (Å²) in [5.41, 5.74) is 1.41. The first-order valence-electron chi connectivity index (χ1n) is 7.91. The molecule has 0 bridgehead atoms. The maximum absolute atomic E-state index is 12.3. The first kappa shape index (κ1) is 18.9. The third-order valence-corrected chi connectivity index (χ3v) is 4.16. The monoisotopic (exact) mass is 403 g/mol. The summed E-state index contributed by atoms with van der Waals surface area (Å²) in [4.78, 5) is 28.7. The smallest absolute Gasteiger partial charge is 0.254 e. The summed E-state index contributed by atoms with van der Waals surface area (Å²) in [6.07, 6.45) is 1.34. The van der Waals surface area contributed by atoms with Gasteiger partial charge >= 0.3 is 0 Å². The number of nitrogens with one attached hydrogen (secondary N) is 1. The fraction of sp³-hybridized carbons (Fsp3) is 0.105. The van der Waals surface area contributed by atoms with Gasteiger partial charge in [-0.25, -0.2) is 4.98 Å². The van der Waals surface area contributed by atoms with Gasteiger partial charge in [0.05, 0.1) is 19.1 Å². The molecule has 0 spiro atoms. The highest BCUT2D eigenvalue weighted by Crippen LogP contribution is 2.22. The van der Waals surface area contributed by atoms with Crippen LogP contribution in [0.25, 0.3) is 11.3 Å². The molecule has 138 valence electrons. The molecule has 3 aromatic rings. The molecule has 1 aromatic heterocycles. The van der Waals surface area contributed by atoms with Crippen LogP contribution < -0.4 is 15.6 Å². The summed E-state index contributed by atoms with van der Waals surface area (Å²) < 4.78 is 6.32. The van der Waals surface area contributed by atoms with E-state index in [0.717, 1.165) is 5.56 Å². The van der Waals surface area contributed by atoms with E-state index in [-0.39, 0.29) is 12.1 Å². The average molecular weight is 404 g/mol. The number of anilines is 1. The molecule has 0 fully saturated rings. The number of hydrogen-bond acceptors (Lipinski definition) is 4. The predicted molar refractivity (Wildman–Crippen MR) is 106 cm³/mol. The highest BCUT2D eigenvalue weighted by Gasteiger charge is 2.09. The van der Waals surface area contributed by atoms with Gasteiger partial charge < -0.3 is 10.1 Å². The van der Waals surface area contributed by atoms with Crippen LogP contribution in [0.5, 0.6) is 5.75 Å². The molecule has 8 heteroatoms. The van der Waals surface area contributed by atoms with Crippen LogP contribution in [0.4, 0.5) is 5.69 Å². The van der Waals surface area contributed by atoms with E-state index in [1.807, 2.05) is 0 Å². The zero-order valence-corrected chi connectivity index (χ0v) is 15.8. The number of hydrogen-bond donors (Lipinski definition) is 1. The van der Waals surface area contributed by atoms with Crippen molar-refractivity contribution in [3.63, 3.8) is 0 Å². The van der Waals surface area contributed by atoms with Crippen LogP contribution in [0.15, 0.2) is 59.7 Å². The van der Waals surface area contributed by atoms with E-state index in [1.165, 1.54) is 17.0 Å². The highest BCUT2D eigenvalue weighted by molar-refractivity contribution is 6.35. The minimum atomic E-state index is -0.394. The lowest BCUT2D eigenvalue weighted by Crippen LogP contribution is -2.27. The SMILES string of the molecule is COc1ccc(-c2cc(=O)n(CC(=O)Nc3cc(Cl)cc(Cl)c3)cn2)cc1. The van der Waals surface area contributed by atoms with E-state index < -0.39 is 5.91 Å². The summed E-state index contributed by atoms with van der Waals surface area (Å²) in [6.45, 7) is -0.182. The Morgan fingerprint density at radius 1 is 1.11 bits per heavy atom. The standard InChI is InChI=1S/C19H15Cl2N3O3/c1-27-16-4-2-12(3-5-16)17-9-19(26)24(11-22-17)10-18(25)23-15-7-13(20)6-14(21)8-15/h2-9,11H,10H2,1H3,(H,23,25). The number of halogens is 2. The van der Waals surface area contributed by atoms with E-state index in [4.69, 9.17) is 27.9 Å². The summed E-state index contributed by atoms with van der Waals surface area (Å²) in [6, 6.07) is 13.3. The molecular weight excluding hydrogens is 389 g/mol. The Morgan fingerprint density at radius 3 is 2.37 bits per heavy atom. The van der Waals surface area contributed by atoms with Crippen LogP contribution in [-0.4, -0.2) is 22.6 Å². The van der Waals surface area contributed by atoms with E-state index in [2.05, 4.69) is 10.3 Å². The molecule has 0 unspecified atom stereocenters. The predicted octanol–water partition coefficient (Wildman–Crippen LogP) is 3.86. The fourth-order valence-corrected chi connectivity index (χ4v) is 2.97. The Hall–Kier alpha value is -2.83. The second kappa shape index (κ2) is 8.24. The molecule has 0 saturated carbocycles. The number of methoxy groups -OCH3 is 1. The Morgan fingerprint density at radius 2 is 1.78 bits per heavy atom. The van der Waals surface area contributed by atoms with Gasteiger partial charge in [0.15, 0.2) is 0 Å². The van der Waals surface area contributed by atoms with Gasteiger partial charge in [0.1, 0.15) is 12.3 Å². The normalized spacial score (nSPS) is 10.5. The minimum Gasteiger partial charge on any atom is -0.497 e. The molecule has 0 aliphatic heterocycles. The van der Waals surface area contributed by atoms with Crippen LogP contribution in [0, 0.1) is 0 Å². The van der Waals surface area contributed by atoms with Crippen molar-refractivity contribution in [2.75, 3.05) is 12.4 Å². The summed E-state index contributed by atoms with van der Waals surface area (Å²) >= 11 is 11.8. The number of aromatic nitrogens is 2.